The number of hydrogen-bond acceptors (Lipinski definition) is 8. The summed E-state index contributed by atoms with van der Waals surface area (Å²) in [5, 5.41) is -0.0986. The lowest BCUT2D eigenvalue weighted by molar-refractivity contribution is 0.563. The Labute approximate surface area is 211 Å². The van der Waals surface area contributed by atoms with Crippen LogP contribution in [0.1, 0.15) is 11.1 Å². The zero-order valence-corrected chi connectivity index (χ0v) is 21.6. The molecule has 5 aromatic rings. The molecule has 0 saturated heterocycles. The van der Waals surface area contributed by atoms with Gasteiger partial charge in [-0.1, -0.05) is 53.6 Å². The van der Waals surface area contributed by atoms with E-state index in [0.29, 0.717) is 22.3 Å². The fraction of sp³-hybridized carbons (Fsp3) is 0.0769. The Morgan fingerprint density at radius 3 is 1.92 bits per heavy atom. The van der Waals surface area contributed by atoms with E-state index >= 15 is 0 Å². The van der Waals surface area contributed by atoms with Crippen LogP contribution in [0.3, 0.4) is 0 Å². The highest BCUT2D eigenvalue weighted by Crippen LogP contribution is 2.38. The zero-order chi connectivity index (χ0) is 25.7. The number of para-hydroxylation sites is 1. The number of aryl methyl sites for hydroxylation is 2. The first-order valence-electron chi connectivity index (χ1n) is 10.7. The highest BCUT2D eigenvalue weighted by atomic mass is 32.2. The van der Waals surface area contributed by atoms with E-state index in [4.69, 9.17) is 4.42 Å². The third-order valence-electron chi connectivity index (χ3n) is 5.60. The Balaban J connectivity index is 1.78. The summed E-state index contributed by atoms with van der Waals surface area (Å²) in [4.78, 5) is 16.8. The minimum atomic E-state index is -4.34. The standard InChI is InChI=1S/C26H19NO6S3/c1-16-7-11-19(12-8-16)35(29,30)24-26(36(31,32)20-13-9-17(2)10-14-20)34-23(27-24)21-15-18-5-3-4-6-22(18)33-25(21)28/h3-15H,1-2H3. The van der Waals surface area contributed by atoms with Crippen molar-refractivity contribution < 1.29 is 21.3 Å². The Morgan fingerprint density at radius 1 is 0.750 bits per heavy atom. The third kappa shape index (κ3) is 4.17. The van der Waals surface area contributed by atoms with Crippen LogP contribution in [0.15, 0.2) is 107 Å². The SMILES string of the molecule is Cc1ccc(S(=O)(=O)c2nc(-c3cc4ccccc4oc3=O)sc2S(=O)(=O)c2ccc(C)cc2)cc1. The van der Waals surface area contributed by atoms with Gasteiger partial charge in [-0.15, -0.1) is 11.3 Å². The fourth-order valence-electron chi connectivity index (χ4n) is 3.61. The van der Waals surface area contributed by atoms with Gasteiger partial charge in [-0.05, 0) is 50.2 Å². The van der Waals surface area contributed by atoms with Crippen molar-refractivity contribution >= 4 is 42.0 Å². The second kappa shape index (κ2) is 8.81. The number of hydrogen-bond donors (Lipinski definition) is 0. The lowest BCUT2D eigenvalue weighted by atomic mass is 10.2. The highest BCUT2D eigenvalue weighted by molar-refractivity contribution is 7.96. The van der Waals surface area contributed by atoms with Crippen LogP contribution >= 0.6 is 11.3 Å². The van der Waals surface area contributed by atoms with E-state index in [2.05, 4.69) is 4.98 Å². The van der Waals surface area contributed by atoms with Crippen LogP contribution < -0.4 is 5.63 Å². The van der Waals surface area contributed by atoms with Gasteiger partial charge < -0.3 is 4.42 Å². The summed E-state index contributed by atoms with van der Waals surface area (Å²) >= 11 is 0.628. The van der Waals surface area contributed by atoms with Crippen molar-refractivity contribution in [1.29, 1.82) is 0 Å². The zero-order valence-electron chi connectivity index (χ0n) is 19.1. The Bertz CT molecular complexity index is 1790. The van der Waals surface area contributed by atoms with E-state index in [9.17, 15) is 21.6 Å². The first-order chi connectivity index (χ1) is 17.1. The number of aromatic nitrogens is 1. The van der Waals surface area contributed by atoms with Crippen LogP contribution in [0.25, 0.3) is 21.5 Å². The van der Waals surface area contributed by atoms with Gasteiger partial charge in [0.15, 0.2) is 9.24 Å². The second-order valence-electron chi connectivity index (χ2n) is 8.23. The van der Waals surface area contributed by atoms with Crippen molar-refractivity contribution in [2.45, 2.75) is 32.9 Å². The molecule has 2 heterocycles. The molecule has 0 bridgehead atoms. The van der Waals surface area contributed by atoms with Crippen molar-refractivity contribution in [3.05, 3.63) is 100 Å². The average Bonchev–Trinajstić information content (AvgIpc) is 3.31. The molecule has 36 heavy (non-hydrogen) atoms. The maximum absolute atomic E-state index is 13.6. The first-order valence-corrected chi connectivity index (χ1v) is 14.5. The smallest absolute Gasteiger partial charge is 0.346 e. The van der Waals surface area contributed by atoms with Crippen LogP contribution in [0.5, 0.6) is 0 Å². The largest absolute Gasteiger partial charge is 0.422 e. The normalized spacial score (nSPS) is 12.2. The second-order valence-corrected chi connectivity index (χ2v) is 13.2. The maximum atomic E-state index is 13.6. The van der Waals surface area contributed by atoms with Crippen molar-refractivity contribution in [2.24, 2.45) is 0 Å². The number of sulfone groups is 2. The van der Waals surface area contributed by atoms with E-state index < -0.39 is 34.5 Å². The van der Waals surface area contributed by atoms with Crippen LogP contribution in [-0.2, 0) is 19.7 Å². The molecule has 0 aliphatic rings. The van der Waals surface area contributed by atoms with E-state index in [0.717, 1.165) is 11.1 Å². The van der Waals surface area contributed by atoms with Crippen molar-refractivity contribution in [3.63, 3.8) is 0 Å². The summed E-state index contributed by atoms with van der Waals surface area (Å²) in [6.45, 7) is 3.62. The molecule has 0 amide bonds. The van der Waals surface area contributed by atoms with E-state index in [-0.39, 0.29) is 20.4 Å². The van der Waals surface area contributed by atoms with Gasteiger partial charge in [0.2, 0.25) is 19.7 Å². The molecule has 0 unspecified atom stereocenters. The third-order valence-corrected chi connectivity index (χ3v) is 10.9. The minimum Gasteiger partial charge on any atom is -0.422 e. The summed E-state index contributed by atoms with van der Waals surface area (Å²) in [7, 11) is -8.62. The summed E-state index contributed by atoms with van der Waals surface area (Å²) in [5.74, 6) is 0. The molecule has 0 aliphatic heterocycles. The molecule has 3 aromatic carbocycles. The number of rotatable bonds is 5. The Morgan fingerprint density at radius 2 is 1.31 bits per heavy atom. The van der Waals surface area contributed by atoms with Gasteiger partial charge in [0.1, 0.15) is 10.6 Å². The first kappa shape index (κ1) is 24.1. The topological polar surface area (TPSA) is 111 Å². The van der Waals surface area contributed by atoms with Crippen LogP contribution in [0, 0.1) is 13.8 Å². The van der Waals surface area contributed by atoms with E-state index in [1.54, 1.807) is 48.5 Å². The monoisotopic (exact) mass is 537 g/mol. The van der Waals surface area contributed by atoms with Crippen LogP contribution in [0.2, 0.25) is 0 Å². The molecule has 0 spiro atoms. The van der Waals surface area contributed by atoms with Gasteiger partial charge in [0.25, 0.3) is 0 Å². The minimum absolute atomic E-state index is 0.0237. The molecule has 10 heteroatoms. The predicted octanol–water partition coefficient (Wildman–Crippen LogP) is 5.20. The van der Waals surface area contributed by atoms with Crippen LogP contribution in [-0.4, -0.2) is 21.8 Å². The molecule has 0 N–H and O–H groups in total. The molecule has 0 saturated carbocycles. The molecule has 5 rings (SSSR count). The van der Waals surface area contributed by atoms with Crippen LogP contribution in [0.4, 0.5) is 0 Å². The van der Waals surface area contributed by atoms with E-state index in [1.807, 2.05) is 13.8 Å². The Kier molecular flexibility index (Phi) is 5.90. The van der Waals surface area contributed by atoms with Crippen molar-refractivity contribution in [3.8, 4) is 10.6 Å². The Hall–Kier alpha value is -3.60. The molecule has 0 atom stereocenters. The lowest BCUT2D eigenvalue weighted by Gasteiger charge is -2.07. The number of fused-ring (bicyclic) bond motifs is 1. The molecular formula is C26H19NO6S3. The fourth-order valence-corrected chi connectivity index (χ4v) is 8.58. The summed E-state index contributed by atoms with van der Waals surface area (Å²) in [6.07, 6.45) is 0. The van der Waals surface area contributed by atoms with Crippen molar-refractivity contribution in [2.75, 3.05) is 0 Å². The lowest BCUT2D eigenvalue weighted by Crippen LogP contribution is -2.09. The highest BCUT2D eigenvalue weighted by Gasteiger charge is 2.35. The average molecular weight is 538 g/mol. The molecule has 0 radical (unpaired) electrons. The predicted molar refractivity (Wildman–Crippen MR) is 137 cm³/mol. The molecule has 7 nitrogen and oxygen atoms in total. The summed E-state index contributed by atoms with van der Waals surface area (Å²) in [6, 6.07) is 20.5. The van der Waals surface area contributed by atoms with Gasteiger partial charge in [-0.25, -0.2) is 26.6 Å². The number of thiazole rings is 1. The molecule has 182 valence electrons. The molecule has 0 aliphatic carbocycles. The number of nitrogens with zero attached hydrogens (tertiary/aromatic N) is 1. The number of benzene rings is 3. The quantitative estimate of drug-likeness (QED) is 0.283. The van der Waals surface area contributed by atoms with Gasteiger partial charge in [0.05, 0.1) is 15.4 Å². The summed E-state index contributed by atoms with van der Waals surface area (Å²) in [5.41, 5.74) is 1.27. The van der Waals surface area contributed by atoms with E-state index in [1.165, 1.54) is 30.3 Å². The molecule has 2 aromatic heterocycles. The van der Waals surface area contributed by atoms with Gasteiger partial charge >= 0.3 is 5.63 Å². The van der Waals surface area contributed by atoms with Gasteiger partial charge in [0, 0.05) is 5.39 Å². The van der Waals surface area contributed by atoms with Gasteiger partial charge in [-0.2, -0.15) is 0 Å². The van der Waals surface area contributed by atoms with Crippen molar-refractivity contribution in [1.82, 2.24) is 4.98 Å². The molecule has 0 fully saturated rings. The maximum Gasteiger partial charge on any atom is 0.346 e. The van der Waals surface area contributed by atoms with Gasteiger partial charge in [-0.3, -0.25) is 0 Å². The summed E-state index contributed by atoms with van der Waals surface area (Å²) < 4.78 is 59.4. The molecular weight excluding hydrogens is 518 g/mol.